The Bertz CT molecular complexity index is 396. The van der Waals surface area contributed by atoms with E-state index in [0.29, 0.717) is 19.8 Å². The molecule has 0 atom stereocenters. The largest absolute Gasteiger partial charge is 0.497 e. The van der Waals surface area contributed by atoms with E-state index >= 15 is 0 Å². The lowest BCUT2D eigenvalue weighted by Gasteiger charge is -2.09. The Hall–Kier alpha value is -1.70. The van der Waals surface area contributed by atoms with Crippen LogP contribution in [0.1, 0.15) is 13.8 Å². The minimum atomic E-state index is -0.477. The molecule has 0 saturated heterocycles. The normalized spacial score (nSPS) is 9.89. The number of ether oxygens (including phenoxy) is 4. The van der Waals surface area contributed by atoms with Crippen LogP contribution in [0.2, 0.25) is 0 Å². The molecule has 1 aromatic carbocycles. The van der Waals surface area contributed by atoms with Crippen molar-refractivity contribution in [1.29, 1.82) is 0 Å². The number of benzene rings is 1. The van der Waals surface area contributed by atoms with Gasteiger partial charge < -0.3 is 18.9 Å². The van der Waals surface area contributed by atoms with E-state index in [1.54, 1.807) is 7.11 Å². The van der Waals surface area contributed by atoms with Crippen LogP contribution < -0.4 is 9.47 Å². The molecular formula is C15H20O4. The SMILES string of the molecule is CCOC(C#CCOc1ccc(OC)cc1)OCC. The topological polar surface area (TPSA) is 36.9 Å². The van der Waals surface area contributed by atoms with Crippen LogP contribution in [0.25, 0.3) is 0 Å². The van der Waals surface area contributed by atoms with Crippen molar-refractivity contribution in [2.45, 2.75) is 20.1 Å². The molecule has 0 fully saturated rings. The van der Waals surface area contributed by atoms with Crippen molar-refractivity contribution in [3.05, 3.63) is 24.3 Å². The second kappa shape index (κ2) is 9.26. The summed E-state index contributed by atoms with van der Waals surface area (Å²) in [5, 5.41) is 0. The minimum absolute atomic E-state index is 0.295. The van der Waals surface area contributed by atoms with Crippen molar-refractivity contribution in [3.63, 3.8) is 0 Å². The van der Waals surface area contributed by atoms with Crippen LogP contribution in [-0.2, 0) is 9.47 Å². The van der Waals surface area contributed by atoms with Gasteiger partial charge in [0.25, 0.3) is 0 Å². The predicted octanol–water partition coefficient (Wildman–Crippen LogP) is 2.48. The summed E-state index contributed by atoms with van der Waals surface area (Å²) in [6, 6.07) is 7.35. The lowest BCUT2D eigenvalue weighted by molar-refractivity contribution is -0.0970. The highest BCUT2D eigenvalue weighted by molar-refractivity contribution is 5.31. The molecule has 0 unspecified atom stereocenters. The minimum Gasteiger partial charge on any atom is -0.497 e. The van der Waals surface area contributed by atoms with Crippen molar-refractivity contribution in [1.82, 2.24) is 0 Å². The van der Waals surface area contributed by atoms with E-state index < -0.39 is 6.29 Å². The second-order valence-electron chi connectivity index (χ2n) is 3.53. The maximum Gasteiger partial charge on any atom is 0.222 e. The van der Waals surface area contributed by atoms with Gasteiger partial charge in [0.15, 0.2) is 0 Å². The first-order valence-electron chi connectivity index (χ1n) is 6.28. The first kappa shape index (κ1) is 15.4. The average molecular weight is 264 g/mol. The highest BCUT2D eigenvalue weighted by atomic mass is 16.7. The summed E-state index contributed by atoms with van der Waals surface area (Å²) in [7, 11) is 1.63. The zero-order valence-electron chi connectivity index (χ0n) is 11.6. The first-order chi connectivity index (χ1) is 9.30. The van der Waals surface area contributed by atoms with Gasteiger partial charge in [0.1, 0.15) is 18.1 Å². The fourth-order valence-electron chi connectivity index (χ4n) is 1.35. The lowest BCUT2D eigenvalue weighted by Crippen LogP contribution is -2.15. The molecule has 0 aliphatic carbocycles. The number of methoxy groups -OCH3 is 1. The van der Waals surface area contributed by atoms with Crippen LogP contribution in [0, 0.1) is 11.8 Å². The van der Waals surface area contributed by atoms with Gasteiger partial charge in [-0.05, 0) is 44.0 Å². The van der Waals surface area contributed by atoms with E-state index in [4.69, 9.17) is 18.9 Å². The smallest absolute Gasteiger partial charge is 0.222 e. The molecule has 0 heterocycles. The van der Waals surface area contributed by atoms with E-state index in [2.05, 4.69) is 11.8 Å². The first-order valence-corrected chi connectivity index (χ1v) is 6.28. The summed E-state index contributed by atoms with van der Waals surface area (Å²) in [6.07, 6.45) is -0.477. The molecule has 104 valence electrons. The van der Waals surface area contributed by atoms with E-state index in [-0.39, 0.29) is 0 Å². The zero-order valence-corrected chi connectivity index (χ0v) is 11.6. The Morgan fingerprint density at radius 3 is 2.11 bits per heavy atom. The molecule has 0 spiro atoms. The monoisotopic (exact) mass is 264 g/mol. The molecule has 0 aliphatic rings. The standard InChI is InChI=1S/C15H20O4/c1-4-17-15(18-5-2)7-6-12-19-14-10-8-13(16-3)9-11-14/h8-11,15H,4-5,12H2,1-3H3. The molecule has 0 aliphatic heterocycles. The van der Waals surface area contributed by atoms with Gasteiger partial charge >= 0.3 is 0 Å². The molecule has 4 heteroatoms. The van der Waals surface area contributed by atoms with E-state index in [9.17, 15) is 0 Å². The third-order valence-electron chi connectivity index (χ3n) is 2.23. The zero-order chi connectivity index (χ0) is 13.9. The molecule has 0 aromatic heterocycles. The highest BCUT2D eigenvalue weighted by Crippen LogP contribution is 2.16. The van der Waals surface area contributed by atoms with Crippen LogP contribution in [0.4, 0.5) is 0 Å². The van der Waals surface area contributed by atoms with Crippen LogP contribution in [0.3, 0.4) is 0 Å². The number of hydrogen-bond donors (Lipinski definition) is 0. The summed E-state index contributed by atoms with van der Waals surface area (Å²) >= 11 is 0. The van der Waals surface area contributed by atoms with Crippen LogP contribution >= 0.6 is 0 Å². The van der Waals surface area contributed by atoms with Gasteiger partial charge in [-0.1, -0.05) is 5.92 Å². The molecule has 4 nitrogen and oxygen atoms in total. The fraction of sp³-hybridized carbons (Fsp3) is 0.467. The van der Waals surface area contributed by atoms with E-state index in [1.807, 2.05) is 38.1 Å². The van der Waals surface area contributed by atoms with Crippen molar-refractivity contribution in [2.75, 3.05) is 26.9 Å². The number of rotatable bonds is 7. The quantitative estimate of drug-likeness (QED) is 0.560. The molecule has 19 heavy (non-hydrogen) atoms. The van der Waals surface area contributed by atoms with Gasteiger partial charge in [-0.3, -0.25) is 0 Å². The van der Waals surface area contributed by atoms with E-state index in [0.717, 1.165) is 11.5 Å². The van der Waals surface area contributed by atoms with Gasteiger partial charge in [-0.15, -0.1) is 0 Å². The molecule has 0 amide bonds. The van der Waals surface area contributed by atoms with Crippen molar-refractivity contribution >= 4 is 0 Å². The summed E-state index contributed by atoms with van der Waals surface area (Å²) in [5.74, 6) is 7.30. The van der Waals surface area contributed by atoms with Gasteiger partial charge in [0.2, 0.25) is 6.29 Å². The lowest BCUT2D eigenvalue weighted by atomic mass is 10.3. The second-order valence-corrected chi connectivity index (χ2v) is 3.53. The summed E-state index contributed by atoms with van der Waals surface area (Å²) in [6.45, 7) is 5.24. The maximum atomic E-state index is 5.47. The molecule has 0 radical (unpaired) electrons. The Morgan fingerprint density at radius 1 is 1.00 bits per heavy atom. The average Bonchev–Trinajstić information content (AvgIpc) is 2.44. The molecule has 0 bridgehead atoms. The Labute approximate surface area is 114 Å². The number of hydrogen-bond acceptors (Lipinski definition) is 4. The Morgan fingerprint density at radius 2 is 1.58 bits per heavy atom. The summed E-state index contributed by atoms with van der Waals surface area (Å²) in [5.41, 5.74) is 0. The molecule has 1 aromatic rings. The van der Waals surface area contributed by atoms with E-state index in [1.165, 1.54) is 0 Å². The van der Waals surface area contributed by atoms with Crippen LogP contribution in [0.15, 0.2) is 24.3 Å². The molecule has 0 N–H and O–H groups in total. The van der Waals surface area contributed by atoms with Crippen molar-refractivity contribution in [2.24, 2.45) is 0 Å². The summed E-state index contributed by atoms with van der Waals surface area (Å²) < 4.78 is 21.1. The van der Waals surface area contributed by atoms with Gasteiger partial charge in [-0.2, -0.15) is 0 Å². The third-order valence-corrected chi connectivity index (χ3v) is 2.23. The van der Waals surface area contributed by atoms with Crippen molar-refractivity contribution < 1.29 is 18.9 Å². The highest BCUT2D eigenvalue weighted by Gasteiger charge is 2.01. The molecule has 1 rings (SSSR count). The van der Waals surface area contributed by atoms with Gasteiger partial charge in [-0.25, -0.2) is 0 Å². The third kappa shape index (κ3) is 6.14. The van der Waals surface area contributed by atoms with Gasteiger partial charge in [0.05, 0.1) is 7.11 Å². The molecular weight excluding hydrogens is 244 g/mol. The molecule has 0 saturated carbocycles. The van der Waals surface area contributed by atoms with Crippen LogP contribution in [0.5, 0.6) is 11.5 Å². The Kier molecular flexibility index (Phi) is 7.48. The Balaban J connectivity index is 2.39. The fourth-order valence-corrected chi connectivity index (χ4v) is 1.35. The van der Waals surface area contributed by atoms with Gasteiger partial charge in [0, 0.05) is 13.2 Å². The maximum absolute atomic E-state index is 5.47. The van der Waals surface area contributed by atoms with Crippen molar-refractivity contribution in [3.8, 4) is 23.3 Å². The van der Waals surface area contributed by atoms with Crippen LogP contribution in [-0.4, -0.2) is 33.2 Å². The summed E-state index contributed by atoms with van der Waals surface area (Å²) in [4.78, 5) is 0. The predicted molar refractivity (Wildman–Crippen MR) is 73.3 cm³/mol.